The largest absolute Gasteiger partial charge is 0.465 e. The Labute approximate surface area is 111 Å². The van der Waals surface area contributed by atoms with E-state index >= 15 is 0 Å². The number of hydrogen-bond acceptors (Lipinski definition) is 3. The lowest BCUT2D eigenvalue weighted by Gasteiger charge is -2.33. The molecule has 0 spiro atoms. The van der Waals surface area contributed by atoms with Crippen LogP contribution < -0.4 is 5.32 Å². The van der Waals surface area contributed by atoms with Crippen molar-refractivity contribution in [2.45, 2.75) is 52.1 Å². The van der Waals surface area contributed by atoms with Crippen LogP contribution in [-0.4, -0.2) is 30.6 Å². The molecule has 0 radical (unpaired) electrons. The zero-order valence-corrected chi connectivity index (χ0v) is 11.9. The van der Waals surface area contributed by atoms with Gasteiger partial charge in [0.15, 0.2) is 0 Å². The van der Waals surface area contributed by atoms with E-state index in [1.54, 1.807) is 0 Å². The van der Waals surface area contributed by atoms with Crippen LogP contribution in [0.3, 0.4) is 0 Å². The molecule has 1 atom stereocenters. The summed E-state index contributed by atoms with van der Waals surface area (Å²) < 4.78 is 5.67. The molecule has 1 aromatic rings. The molecular weight excluding hydrogens is 224 g/mol. The molecule has 0 aliphatic carbocycles. The number of piperidine rings is 1. The Morgan fingerprint density at radius 2 is 2.11 bits per heavy atom. The maximum Gasteiger partial charge on any atom is 0.120 e. The van der Waals surface area contributed by atoms with E-state index in [4.69, 9.17) is 4.42 Å². The Balaban J connectivity index is 1.77. The predicted octanol–water partition coefficient (Wildman–Crippen LogP) is 3.11. The molecule has 0 bridgehead atoms. The van der Waals surface area contributed by atoms with Crippen molar-refractivity contribution in [2.24, 2.45) is 0 Å². The van der Waals surface area contributed by atoms with Gasteiger partial charge in [0.2, 0.25) is 0 Å². The second-order valence-corrected chi connectivity index (χ2v) is 5.45. The van der Waals surface area contributed by atoms with Crippen LogP contribution in [0.25, 0.3) is 0 Å². The van der Waals surface area contributed by atoms with Crippen molar-refractivity contribution >= 4 is 0 Å². The first-order valence-corrected chi connectivity index (χ1v) is 7.23. The predicted molar refractivity (Wildman–Crippen MR) is 74.7 cm³/mol. The second-order valence-electron chi connectivity index (χ2n) is 5.45. The molecule has 18 heavy (non-hydrogen) atoms. The van der Waals surface area contributed by atoms with Gasteiger partial charge in [0, 0.05) is 6.04 Å². The van der Waals surface area contributed by atoms with Crippen molar-refractivity contribution in [3.05, 3.63) is 23.7 Å². The molecule has 0 saturated carbocycles. The smallest absolute Gasteiger partial charge is 0.120 e. The van der Waals surface area contributed by atoms with E-state index in [0.717, 1.165) is 11.5 Å². The molecule has 0 amide bonds. The van der Waals surface area contributed by atoms with E-state index in [2.05, 4.69) is 30.1 Å². The summed E-state index contributed by atoms with van der Waals surface area (Å²) in [5.41, 5.74) is 0. The van der Waals surface area contributed by atoms with Crippen molar-refractivity contribution in [1.82, 2.24) is 10.2 Å². The molecule has 3 nitrogen and oxygen atoms in total. The van der Waals surface area contributed by atoms with E-state index in [9.17, 15) is 0 Å². The van der Waals surface area contributed by atoms with Crippen molar-refractivity contribution in [3.8, 4) is 0 Å². The maximum atomic E-state index is 5.67. The van der Waals surface area contributed by atoms with E-state index < -0.39 is 0 Å². The summed E-state index contributed by atoms with van der Waals surface area (Å²) in [5.74, 6) is 2.06. The van der Waals surface area contributed by atoms with Gasteiger partial charge in [0.25, 0.3) is 0 Å². The summed E-state index contributed by atoms with van der Waals surface area (Å²) >= 11 is 0. The van der Waals surface area contributed by atoms with E-state index in [0.29, 0.717) is 12.1 Å². The van der Waals surface area contributed by atoms with Gasteiger partial charge in [-0.25, -0.2) is 0 Å². The third kappa shape index (κ3) is 3.59. The lowest BCUT2D eigenvalue weighted by molar-refractivity contribution is 0.189. The first-order chi connectivity index (χ1) is 8.69. The molecule has 1 N–H and O–H groups in total. The van der Waals surface area contributed by atoms with Gasteiger partial charge in [0.1, 0.15) is 11.5 Å². The maximum absolute atomic E-state index is 5.67. The Hall–Kier alpha value is -0.800. The highest BCUT2D eigenvalue weighted by atomic mass is 16.3. The number of aryl methyl sites for hydroxylation is 1. The fourth-order valence-corrected chi connectivity index (χ4v) is 2.76. The van der Waals surface area contributed by atoms with Crippen LogP contribution in [0.1, 0.15) is 50.7 Å². The summed E-state index contributed by atoms with van der Waals surface area (Å²) in [7, 11) is 0. The van der Waals surface area contributed by atoms with E-state index in [-0.39, 0.29) is 0 Å². The minimum absolute atomic E-state index is 0.321. The van der Waals surface area contributed by atoms with Crippen LogP contribution >= 0.6 is 0 Å². The first kappa shape index (κ1) is 13.6. The highest BCUT2D eigenvalue weighted by molar-refractivity contribution is 5.09. The summed E-state index contributed by atoms with van der Waals surface area (Å²) in [6.07, 6.45) is 3.77. The first-order valence-electron chi connectivity index (χ1n) is 7.23. The van der Waals surface area contributed by atoms with Crippen molar-refractivity contribution in [3.63, 3.8) is 0 Å². The third-order valence-electron chi connectivity index (χ3n) is 3.80. The average molecular weight is 250 g/mol. The molecule has 2 rings (SSSR count). The van der Waals surface area contributed by atoms with Gasteiger partial charge < -0.3 is 14.6 Å². The molecule has 2 heterocycles. The molecule has 1 aromatic heterocycles. The number of likely N-dealkylation sites (tertiary alicyclic amines) is 1. The fourth-order valence-electron chi connectivity index (χ4n) is 2.76. The van der Waals surface area contributed by atoms with Crippen LogP contribution in [0.4, 0.5) is 0 Å². The van der Waals surface area contributed by atoms with Crippen molar-refractivity contribution < 1.29 is 4.42 Å². The molecule has 102 valence electrons. The minimum atomic E-state index is 0.321. The van der Waals surface area contributed by atoms with Gasteiger partial charge in [-0.3, -0.25) is 0 Å². The Kier molecular flexibility index (Phi) is 4.84. The third-order valence-corrected chi connectivity index (χ3v) is 3.80. The van der Waals surface area contributed by atoms with Gasteiger partial charge in [-0.05, 0) is 64.9 Å². The monoisotopic (exact) mass is 250 g/mol. The topological polar surface area (TPSA) is 28.4 Å². The minimum Gasteiger partial charge on any atom is -0.465 e. The highest BCUT2D eigenvalue weighted by Gasteiger charge is 2.21. The molecule has 1 fully saturated rings. The lowest BCUT2D eigenvalue weighted by atomic mass is 10.0. The second kappa shape index (κ2) is 6.39. The average Bonchev–Trinajstić information content (AvgIpc) is 2.79. The van der Waals surface area contributed by atoms with Crippen LogP contribution in [0.2, 0.25) is 0 Å². The molecule has 1 aliphatic rings. The fraction of sp³-hybridized carbons (Fsp3) is 0.733. The van der Waals surface area contributed by atoms with E-state index in [1.165, 1.54) is 38.9 Å². The molecular formula is C15H26N2O. The molecule has 0 aromatic carbocycles. The van der Waals surface area contributed by atoms with Gasteiger partial charge in [-0.15, -0.1) is 0 Å². The summed E-state index contributed by atoms with van der Waals surface area (Å²) in [6.45, 7) is 10.2. The van der Waals surface area contributed by atoms with Gasteiger partial charge in [0.05, 0.1) is 6.04 Å². The van der Waals surface area contributed by atoms with E-state index in [1.807, 2.05) is 13.0 Å². The Morgan fingerprint density at radius 3 is 2.67 bits per heavy atom. The van der Waals surface area contributed by atoms with Crippen LogP contribution in [-0.2, 0) is 0 Å². The molecule has 1 unspecified atom stereocenters. The highest BCUT2D eigenvalue weighted by Crippen LogP contribution is 2.19. The van der Waals surface area contributed by atoms with Crippen LogP contribution in [0.15, 0.2) is 16.5 Å². The number of hydrogen-bond donors (Lipinski definition) is 1. The van der Waals surface area contributed by atoms with Crippen molar-refractivity contribution in [1.29, 1.82) is 0 Å². The SMILES string of the molecule is CCCN1CCC(NC(C)c2ccc(C)o2)CC1. The summed E-state index contributed by atoms with van der Waals surface area (Å²) in [5, 5.41) is 3.69. The van der Waals surface area contributed by atoms with Gasteiger partial charge >= 0.3 is 0 Å². The van der Waals surface area contributed by atoms with Crippen molar-refractivity contribution in [2.75, 3.05) is 19.6 Å². The van der Waals surface area contributed by atoms with Crippen LogP contribution in [0.5, 0.6) is 0 Å². The summed E-state index contributed by atoms with van der Waals surface area (Å²) in [6, 6.07) is 5.08. The zero-order chi connectivity index (χ0) is 13.0. The standard InChI is InChI=1S/C15H26N2O/c1-4-9-17-10-7-14(8-11-17)16-13(3)15-6-5-12(2)18-15/h5-6,13-14,16H,4,7-11H2,1-3H3. The number of furan rings is 1. The van der Waals surface area contributed by atoms with Crippen LogP contribution in [0, 0.1) is 6.92 Å². The Bertz CT molecular complexity index is 353. The molecule has 1 saturated heterocycles. The van der Waals surface area contributed by atoms with Gasteiger partial charge in [-0.2, -0.15) is 0 Å². The zero-order valence-electron chi connectivity index (χ0n) is 11.9. The number of nitrogens with zero attached hydrogens (tertiary/aromatic N) is 1. The number of nitrogens with one attached hydrogen (secondary N) is 1. The number of rotatable bonds is 5. The summed E-state index contributed by atoms with van der Waals surface area (Å²) in [4.78, 5) is 2.57. The van der Waals surface area contributed by atoms with Gasteiger partial charge in [-0.1, -0.05) is 6.92 Å². The molecule has 1 aliphatic heterocycles. The quantitative estimate of drug-likeness (QED) is 0.870. The Morgan fingerprint density at radius 1 is 1.39 bits per heavy atom. The lowest BCUT2D eigenvalue weighted by Crippen LogP contribution is -2.43. The molecule has 3 heteroatoms. The normalized spacial score (nSPS) is 20.2.